The molecule has 0 bridgehead atoms. The van der Waals surface area contributed by atoms with Crippen molar-refractivity contribution in [2.45, 2.75) is 25.0 Å². The summed E-state index contributed by atoms with van der Waals surface area (Å²) in [5.41, 5.74) is -0.0332. The average Bonchev–Trinajstić information content (AvgIpc) is 3.16. The van der Waals surface area contributed by atoms with Gasteiger partial charge >= 0.3 is 0 Å². The van der Waals surface area contributed by atoms with Crippen LogP contribution in [0.4, 0.5) is 4.39 Å². The fourth-order valence-corrected chi connectivity index (χ4v) is 2.56. The zero-order chi connectivity index (χ0) is 15.5. The predicted octanol–water partition coefficient (Wildman–Crippen LogP) is 2.25. The van der Waals surface area contributed by atoms with Crippen LogP contribution in [0.2, 0.25) is 5.02 Å². The summed E-state index contributed by atoms with van der Waals surface area (Å²) in [6, 6.07) is 3.95. The lowest BCUT2D eigenvalue weighted by Crippen LogP contribution is -2.32. The quantitative estimate of drug-likeness (QED) is 0.904. The Labute approximate surface area is 131 Å². The summed E-state index contributed by atoms with van der Waals surface area (Å²) in [5.74, 6) is -0.449. The van der Waals surface area contributed by atoms with Crippen molar-refractivity contribution in [1.29, 1.82) is 0 Å². The van der Waals surface area contributed by atoms with E-state index in [2.05, 4.69) is 20.5 Å². The number of nitrogens with zero attached hydrogens (tertiary/aromatic N) is 2. The largest absolute Gasteiger partial charge is 0.365 e. The van der Waals surface area contributed by atoms with E-state index in [-0.39, 0.29) is 22.8 Å². The van der Waals surface area contributed by atoms with E-state index in [0.717, 1.165) is 18.9 Å². The SMILES string of the molecule is O=C(NC[C@H]1CC[C@@H](c2ncn[nH]2)O1)c1ccc(Cl)cc1F. The summed E-state index contributed by atoms with van der Waals surface area (Å²) < 4.78 is 19.4. The van der Waals surface area contributed by atoms with E-state index in [1.165, 1.54) is 18.5 Å². The molecule has 1 aromatic heterocycles. The molecule has 22 heavy (non-hydrogen) atoms. The van der Waals surface area contributed by atoms with Gasteiger partial charge in [0, 0.05) is 11.6 Å². The van der Waals surface area contributed by atoms with Gasteiger partial charge in [-0.1, -0.05) is 11.6 Å². The molecule has 1 amide bonds. The summed E-state index contributed by atoms with van der Waals surface area (Å²) in [7, 11) is 0. The minimum absolute atomic E-state index is 0.0332. The van der Waals surface area contributed by atoms with Crippen molar-refractivity contribution in [3.63, 3.8) is 0 Å². The highest BCUT2D eigenvalue weighted by Crippen LogP contribution is 2.30. The molecule has 2 atom stereocenters. The van der Waals surface area contributed by atoms with Gasteiger partial charge in [-0.2, -0.15) is 5.10 Å². The van der Waals surface area contributed by atoms with Crippen molar-refractivity contribution in [3.05, 3.63) is 46.8 Å². The molecule has 0 unspecified atom stereocenters. The van der Waals surface area contributed by atoms with E-state index in [0.29, 0.717) is 12.4 Å². The highest BCUT2D eigenvalue weighted by Gasteiger charge is 2.28. The maximum Gasteiger partial charge on any atom is 0.254 e. The molecule has 3 rings (SSSR count). The number of hydrogen-bond acceptors (Lipinski definition) is 4. The van der Waals surface area contributed by atoms with Crippen LogP contribution >= 0.6 is 11.6 Å². The Bertz CT molecular complexity index is 665. The van der Waals surface area contributed by atoms with E-state index in [1.54, 1.807) is 0 Å². The number of rotatable bonds is 4. The molecule has 8 heteroatoms. The summed E-state index contributed by atoms with van der Waals surface area (Å²) in [6.07, 6.45) is 2.74. The topological polar surface area (TPSA) is 79.9 Å². The zero-order valence-electron chi connectivity index (χ0n) is 11.6. The number of aromatic amines is 1. The number of benzene rings is 1. The molecule has 6 nitrogen and oxygen atoms in total. The Balaban J connectivity index is 1.54. The number of hydrogen-bond donors (Lipinski definition) is 2. The van der Waals surface area contributed by atoms with Crippen LogP contribution in [0.3, 0.4) is 0 Å². The van der Waals surface area contributed by atoms with Gasteiger partial charge in [0.1, 0.15) is 18.2 Å². The highest BCUT2D eigenvalue weighted by molar-refractivity contribution is 6.30. The number of H-pyrrole nitrogens is 1. The lowest BCUT2D eigenvalue weighted by atomic mass is 10.1. The Kier molecular flexibility index (Phi) is 4.35. The molecule has 1 aliphatic rings. The third-order valence-electron chi connectivity index (χ3n) is 3.51. The van der Waals surface area contributed by atoms with Crippen molar-refractivity contribution >= 4 is 17.5 Å². The van der Waals surface area contributed by atoms with Crippen LogP contribution in [0.5, 0.6) is 0 Å². The summed E-state index contributed by atoms with van der Waals surface area (Å²) in [6.45, 7) is 0.311. The molecule has 0 spiro atoms. The van der Waals surface area contributed by atoms with E-state index < -0.39 is 11.7 Å². The van der Waals surface area contributed by atoms with Crippen LogP contribution in [0.1, 0.15) is 35.1 Å². The van der Waals surface area contributed by atoms with Crippen molar-refractivity contribution in [2.75, 3.05) is 6.54 Å². The molecule has 0 aliphatic carbocycles. The predicted molar refractivity (Wildman–Crippen MR) is 77.0 cm³/mol. The summed E-state index contributed by atoms with van der Waals surface area (Å²) in [4.78, 5) is 16.0. The van der Waals surface area contributed by atoms with Crippen LogP contribution in [0.15, 0.2) is 24.5 Å². The van der Waals surface area contributed by atoms with Crippen molar-refractivity contribution < 1.29 is 13.9 Å². The lowest BCUT2D eigenvalue weighted by Gasteiger charge is -2.13. The third-order valence-corrected chi connectivity index (χ3v) is 3.75. The second-order valence-electron chi connectivity index (χ2n) is 5.03. The number of amides is 1. The first kappa shape index (κ1) is 14.9. The fraction of sp³-hybridized carbons (Fsp3) is 0.357. The molecular formula is C14H14ClFN4O2. The second kappa shape index (κ2) is 6.41. The number of carbonyl (C=O) groups is 1. The maximum atomic E-state index is 13.7. The van der Waals surface area contributed by atoms with Crippen LogP contribution in [0, 0.1) is 5.82 Å². The molecule has 2 aromatic rings. The van der Waals surface area contributed by atoms with Crippen molar-refractivity contribution in [3.8, 4) is 0 Å². The molecule has 1 aromatic carbocycles. The van der Waals surface area contributed by atoms with Crippen molar-refractivity contribution in [2.24, 2.45) is 0 Å². The second-order valence-corrected chi connectivity index (χ2v) is 5.47. The normalized spacial score (nSPS) is 21.0. The standard InChI is InChI=1S/C14H14ClFN4O2/c15-8-1-3-10(11(16)5-8)14(21)17-6-9-2-4-12(22-9)13-18-7-19-20-13/h1,3,5,7,9,12H,2,4,6H2,(H,17,21)(H,18,19,20)/t9-,12+/m1/s1. The first-order chi connectivity index (χ1) is 10.6. The minimum atomic E-state index is -0.642. The molecule has 1 saturated heterocycles. The molecular weight excluding hydrogens is 311 g/mol. The fourth-order valence-electron chi connectivity index (χ4n) is 2.40. The number of aromatic nitrogens is 3. The Morgan fingerprint density at radius 1 is 1.50 bits per heavy atom. The monoisotopic (exact) mass is 324 g/mol. The third kappa shape index (κ3) is 3.26. The van der Waals surface area contributed by atoms with E-state index in [1.807, 2.05) is 0 Å². The van der Waals surface area contributed by atoms with Gasteiger partial charge in [-0.05, 0) is 31.0 Å². The summed E-state index contributed by atoms with van der Waals surface area (Å²) in [5, 5.41) is 9.48. The first-order valence-electron chi connectivity index (χ1n) is 6.87. The van der Waals surface area contributed by atoms with Gasteiger partial charge in [0.25, 0.3) is 5.91 Å². The number of ether oxygens (including phenoxy) is 1. The van der Waals surface area contributed by atoms with Crippen molar-refractivity contribution in [1.82, 2.24) is 20.5 Å². The minimum Gasteiger partial charge on any atom is -0.365 e. The van der Waals surface area contributed by atoms with E-state index in [9.17, 15) is 9.18 Å². The maximum absolute atomic E-state index is 13.7. The molecule has 1 aliphatic heterocycles. The van der Waals surface area contributed by atoms with Crippen LogP contribution < -0.4 is 5.32 Å². The summed E-state index contributed by atoms with van der Waals surface area (Å²) >= 11 is 5.66. The number of nitrogens with one attached hydrogen (secondary N) is 2. The average molecular weight is 325 g/mol. The van der Waals surface area contributed by atoms with Gasteiger partial charge < -0.3 is 10.1 Å². The van der Waals surface area contributed by atoms with E-state index >= 15 is 0 Å². The van der Waals surface area contributed by atoms with Crippen LogP contribution in [-0.2, 0) is 4.74 Å². The lowest BCUT2D eigenvalue weighted by molar-refractivity contribution is 0.0392. The van der Waals surface area contributed by atoms with Gasteiger partial charge in [0.2, 0.25) is 0 Å². The first-order valence-corrected chi connectivity index (χ1v) is 7.25. The van der Waals surface area contributed by atoms with Crippen LogP contribution in [0.25, 0.3) is 0 Å². The van der Waals surface area contributed by atoms with Gasteiger partial charge in [0.05, 0.1) is 11.7 Å². The zero-order valence-corrected chi connectivity index (χ0v) is 12.3. The molecule has 116 valence electrons. The Morgan fingerprint density at radius 2 is 2.36 bits per heavy atom. The molecule has 0 radical (unpaired) electrons. The van der Waals surface area contributed by atoms with Gasteiger partial charge in [0.15, 0.2) is 5.82 Å². The number of halogens is 2. The Morgan fingerprint density at radius 3 is 3.09 bits per heavy atom. The van der Waals surface area contributed by atoms with Gasteiger partial charge in [-0.25, -0.2) is 9.37 Å². The van der Waals surface area contributed by atoms with Crippen LogP contribution in [-0.4, -0.2) is 33.7 Å². The molecule has 0 saturated carbocycles. The van der Waals surface area contributed by atoms with E-state index in [4.69, 9.17) is 16.3 Å². The number of carbonyl (C=O) groups excluding carboxylic acids is 1. The molecule has 2 heterocycles. The van der Waals surface area contributed by atoms with Gasteiger partial charge in [-0.15, -0.1) is 0 Å². The molecule has 1 fully saturated rings. The molecule has 2 N–H and O–H groups in total. The van der Waals surface area contributed by atoms with Gasteiger partial charge in [-0.3, -0.25) is 9.89 Å². The highest BCUT2D eigenvalue weighted by atomic mass is 35.5. The smallest absolute Gasteiger partial charge is 0.254 e. The Hall–Kier alpha value is -1.99.